The minimum Gasteiger partial charge on any atom is -0.467 e. The van der Waals surface area contributed by atoms with Crippen LogP contribution >= 0.6 is 0 Å². The highest BCUT2D eigenvalue weighted by Crippen LogP contribution is 2.23. The maximum Gasteiger partial charge on any atom is 0.262 e. The van der Waals surface area contributed by atoms with E-state index in [0.717, 1.165) is 25.8 Å². The van der Waals surface area contributed by atoms with E-state index in [1.54, 1.807) is 36.4 Å². The molecule has 29 heavy (non-hydrogen) atoms. The average Bonchev–Trinajstić information content (AvgIpc) is 3.20. The highest BCUT2D eigenvalue weighted by atomic mass is 16.5. The van der Waals surface area contributed by atoms with Crippen LogP contribution in [-0.4, -0.2) is 55.7 Å². The molecule has 2 amide bonds. The van der Waals surface area contributed by atoms with E-state index in [1.165, 1.54) is 10.8 Å². The Balaban J connectivity index is 1.42. The van der Waals surface area contributed by atoms with Crippen LogP contribution in [0.25, 0.3) is 5.65 Å². The number of nitrogens with one attached hydrogen (secondary N) is 1. The Hall–Kier alpha value is -3.49. The molecule has 150 valence electrons. The molecule has 0 aliphatic carbocycles. The van der Waals surface area contributed by atoms with Crippen molar-refractivity contribution in [3.63, 3.8) is 0 Å². The molecule has 4 rings (SSSR count). The molecule has 3 aromatic rings. The Labute approximate surface area is 167 Å². The number of fused-ring (bicyclic) bond motifs is 1. The first kappa shape index (κ1) is 18.9. The van der Waals surface area contributed by atoms with Crippen molar-refractivity contribution in [2.45, 2.75) is 32.2 Å². The van der Waals surface area contributed by atoms with Gasteiger partial charge in [-0.15, -0.1) is 15.3 Å². The SMILES string of the molecule is CC1CCCCN1C(=O)c1ccccc1NC(=O)COc1ccc2nncn2n1. The number of likely N-dealkylation sites (tertiary alicyclic amines) is 1. The van der Waals surface area contributed by atoms with Crippen molar-refractivity contribution >= 4 is 23.1 Å². The number of benzene rings is 1. The van der Waals surface area contributed by atoms with Gasteiger partial charge in [-0.25, -0.2) is 0 Å². The number of carbonyl (C=O) groups excluding carboxylic acids is 2. The Morgan fingerprint density at radius 3 is 2.93 bits per heavy atom. The van der Waals surface area contributed by atoms with Gasteiger partial charge in [0.15, 0.2) is 12.3 Å². The lowest BCUT2D eigenvalue weighted by Gasteiger charge is -2.33. The van der Waals surface area contributed by atoms with Gasteiger partial charge in [-0.1, -0.05) is 12.1 Å². The summed E-state index contributed by atoms with van der Waals surface area (Å²) in [7, 11) is 0. The number of para-hydroxylation sites is 1. The van der Waals surface area contributed by atoms with Crippen molar-refractivity contribution in [1.29, 1.82) is 0 Å². The lowest BCUT2D eigenvalue weighted by Crippen LogP contribution is -2.42. The van der Waals surface area contributed by atoms with E-state index in [-0.39, 0.29) is 30.3 Å². The number of ether oxygens (including phenoxy) is 1. The molecule has 3 heterocycles. The van der Waals surface area contributed by atoms with Gasteiger partial charge in [-0.3, -0.25) is 9.59 Å². The first-order chi connectivity index (χ1) is 14.1. The van der Waals surface area contributed by atoms with E-state index in [4.69, 9.17) is 4.74 Å². The summed E-state index contributed by atoms with van der Waals surface area (Å²) >= 11 is 0. The molecule has 1 saturated heterocycles. The van der Waals surface area contributed by atoms with Gasteiger partial charge in [0.05, 0.1) is 11.3 Å². The minimum atomic E-state index is -0.373. The quantitative estimate of drug-likeness (QED) is 0.712. The average molecular weight is 394 g/mol. The molecule has 0 saturated carbocycles. The fourth-order valence-corrected chi connectivity index (χ4v) is 3.45. The van der Waals surface area contributed by atoms with Crippen LogP contribution in [0.2, 0.25) is 0 Å². The maximum absolute atomic E-state index is 13.0. The van der Waals surface area contributed by atoms with Gasteiger partial charge in [0.2, 0.25) is 5.88 Å². The summed E-state index contributed by atoms with van der Waals surface area (Å²) in [4.78, 5) is 27.3. The van der Waals surface area contributed by atoms with Crippen molar-refractivity contribution in [3.05, 3.63) is 48.3 Å². The summed E-state index contributed by atoms with van der Waals surface area (Å²) in [5.41, 5.74) is 1.55. The summed E-state index contributed by atoms with van der Waals surface area (Å²) in [6.07, 6.45) is 4.58. The van der Waals surface area contributed by atoms with Crippen LogP contribution in [0, 0.1) is 0 Å². The van der Waals surface area contributed by atoms with Crippen molar-refractivity contribution in [2.75, 3.05) is 18.5 Å². The summed E-state index contributed by atoms with van der Waals surface area (Å²) in [5.74, 6) is -0.157. The second-order valence-corrected chi connectivity index (χ2v) is 7.03. The second kappa shape index (κ2) is 8.26. The van der Waals surface area contributed by atoms with Crippen molar-refractivity contribution < 1.29 is 14.3 Å². The van der Waals surface area contributed by atoms with Crippen LogP contribution in [0.3, 0.4) is 0 Å². The highest BCUT2D eigenvalue weighted by molar-refractivity contribution is 6.04. The molecule has 1 atom stereocenters. The van der Waals surface area contributed by atoms with E-state index in [9.17, 15) is 9.59 Å². The van der Waals surface area contributed by atoms with Gasteiger partial charge in [0.1, 0.15) is 6.33 Å². The molecule has 1 aromatic carbocycles. The molecule has 0 radical (unpaired) electrons. The van der Waals surface area contributed by atoms with Crippen LogP contribution in [-0.2, 0) is 4.79 Å². The predicted octanol–water partition coefficient (Wildman–Crippen LogP) is 2.16. The van der Waals surface area contributed by atoms with Crippen LogP contribution in [0.15, 0.2) is 42.7 Å². The van der Waals surface area contributed by atoms with Gasteiger partial charge in [-0.05, 0) is 44.4 Å². The third-order valence-corrected chi connectivity index (χ3v) is 4.98. The summed E-state index contributed by atoms with van der Waals surface area (Å²) in [5, 5.41) is 14.5. The molecule has 1 unspecified atom stereocenters. The molecule has 0 bridgehead atoms. The maximum atomic E-state index is 13.0. The lowest BCUT2D eigenvalue weighted by molar-refractivity contribution is -0.118. The van der Waals surface area contributed by atoms with E-state index in [2.05, 4.69) is 27.5 Å². The first-order valence-corrected chi connectivity index (χ1v) is 9.61. The Bertz CT molecular complexity index is 1030. The third kappa shape index (κ3) is 4.18. The molecule has 1 fully saturated rings. The molecule has 0 spiro atoms. The fraction of sp³-hybridized carbons (Fsp3) is 0.350. The molecule has 1 aliphatic heterocycles. The number of carbonyl (C=O) groups is 2. The zero-order valence-corrected chi connectivity index (χ0v) is 16.1. The summed E-state index contributed by atoms with van der Waals surface area (Å²) < 4.78 is 6.92. The van der Waals surface area contributed by atoms with Gasteiger partial charge < -0.3 is 15.0 Å². The molecule has 9 nitrogen and oxygen atoms in total. The van der Waals surface area contributed by atoms with Gasteiger partial charge >= 0.3 is 0 Å². The van der Waals surface area contributed by atoms with Crippen LogP contribution < -0.4 is 10.1 Å². The fourth-order valence-electron chi connectivity index (χ4n) is 3.45. The zero-order valence-electron chi connectivity index (χ0n) is 16.1. The number of nitrogens with zero attached hydrogens (tertiary/aromatic N) is 5. The van der Waals surface area contributed by atoms with E-state index < -0.39 is 0 Å². The van der Waals surface area contributed by atoms with Crippen LogP contribution in [0.1, 0.15) is 36.5 Å². The topological polar surface area (TPSA) is 102 Å². The van der Waals surface area contributed by atoms with Crippen LogP contribution in [0.4, 0.5) is 5.69 Å². The monoisotopic (exact) mass is 394 g/mol. The van der Waals surface area contributed by atoms with E-state index >= 15 is 0 Å². The normalized spacial score (nSPS) is 16.6. The molecule has 1 aliphatic rings. The van der Waals surface area contributed by atoms with Crippen LogP contribution in [0.5, 0.6) is 5.88 Å². The number of hydrogen-bond acceptors (Lipinski definition) is 6. The van der Waals surface area contributed by atoms with Crippen molar-refractivity contribution in [3.8, 4) is 5.88 Å². The van der Waals surface area contributed by atoms with Gasteiger partial charge in [0.25, 0.3) is 11.8 Å². The number of rotatable bonds is 5. The molecule has 9 heteroatoms. The predicted molar refractivity (Wildman–Crippen MR) is 106 cm³/mol. The number of aromatic nitrogens is 4. The summed E-state index contributed by atoms with van der Waals surface area (Å²) in [6, 6.07) is 10.6. The zero-order chi connectivity index (χ0) is 20.2. The van der Waals surface area contributed by atoms with Crippen molar-refractivity contribution in [2.24, 2.45) is 0 Å². The second-order valence-electron chi connectivity index (χ2n) is 7.03. The number of anilines is 1. The Morgan fingerprint density at radius 2 is 2.07 bits per heavy atom. The first-order valence-electron chi connectivity index (χ1n) is 9.61. The number of hydrogen-bond donors (Lipinski definition) is 1. The molecular formula is C20H22N6O3. The smallest absolute Gasteiger partial charge is 0.262 e. The minimum absolute atomic E-state index is 0.0613. The highest BCUT2D eigenvalue weighted by Gasteiger charge is 2.26. The molecular weight excluding hydrogens is 372 g/mol. The Kier molecular flexibility index (Phi) is 5.37. The standard InChI is InChI=1S/C20H22N6O3/c1-14-6-4-5-11-25(14)20(28)15-7-2-3-8-16(15)22-18(27)12-29-19-10-9-17-23-21-13-26(17)24-19/h2-3,7-10,13-14H,4-6,11-12H2,1H3,(H,22,27). The molecule has 1 N–H and O–H groups in total. The van der Waals surface area contributed by atoms with E-state index in [0.29, 0.717) is 16.9 Å². The lowest BCUT2D eigenvalue weighted by atomic mass is 10.0. The van der Waals surface area contributed by atoms with Crippen molar-refractivity contribution in [1.82, 2.24) is 24.7 Å². The number of amides is 2. The van der Waals surface area contributed by atoms with Gasteiger partial charge in [0, 0.05) is 18.7 Å². The molecule has 2 aromatic heterocycles. The third-order valence-electron chi connectivity index (χ3n) is 4.98. The van der Waals surface area contributed by atoms with Gasteiger partial charge in [-0.2, -0.15) is 4.52 Å². The number of piperidine rings is 1. The Morgan fingerprint density at radius 1 is 1.21 bits per heavy atom. The summed E-state index contributed by atoms with van der Waals surface area (Å²) in [6.45, 7) is 2.57. The van der Waals surface area contributed by atoms with E-state index in [1.807, 2.05) is 4.90 Å². The largest absolute Gasteiger partial charge is 0.467 e.